The van der Waals surface area contributed by atoms with E-state index in [1.165, 1.54) is 6.08 Å². The van der Waals surface area contributed by atoms with E-state index in [-0.39, 0.29) is 23.1 Å². The van der Waals surface area contributed by atoms with Crippen LogP contribution < -0.4 is 5.32 Å². The minimum atomic E-state index is -0.108. The molecule has 3 amide bonds. The topological polar surface area (TPSA) is 73.0 Å². The lowest BCUT2D eigenvalue weighted by molar-refractivity contribution is -0.130. The first-order valence-electron chi connectivity index (χ1n) is 12.0. The fourth-order valence-electron chi connectivity index (χ4n) is 5.05. The summed E-state index contributed by atoms with van der Waals surface area (Å²) in [5.74, 6) is 0.185. The van der Waals surface area contributed by atoms with E-state index in [0.717, 1.165) is 51.0 Å². The Hall–Kier alpha value is -2.09. The van der Waals surface area contributed by atoms with Crippen molar-refractivity contribution in [1.82, 2.24) is 20.0 Å². The number of likely N-dealkylation sites (tertiary alicyclic amines) is 1. The lowest BCUT2D eigenvalue weighted by Gasteiger charge is -2.38. The van der Waals surface area contributed by atoms with Gasteiger partial charge in [-0.15, -0.1) is 0 Å². The van der Waals surface area contributed by atoms with Gasteiger partial charge in [0.1, 0.15) is 0 Å². The number of halogens is 2. The first-order chi connectivity index (χ1) is 16.3. The average molecular weight is 507 g/mol. The van der Waals surface area contributed by atoms with Crippen molar-refractivity contribution in [3.05, 3.63) is 39.9 Å². The summed E-state index contributed by atoms with van der Waals surface area (Å²) in [5, 5.41) is 3.90. The van der Waals surface area contributed by atoms with Crippen LogP contribution in [-0.4, -0.2) is 84.8 Å². The highest BCUT2D eigenvalue weighted by molar-refractivity contribution is 6.42. The minimum absolute atomic E-state index is 0.108. The molecule has 0 bridgehead atoms. The molecule has 1 aromatic carbocycles. The van der Waals surface area contributed by atoms with Gasteiger partial charge in [0.05, 0.1) is 10.0 Å². The highest BCUT2D eigenvalue weighted by Gasteiger charge is 2.40. The van der Waals surface area contributed by atoms with Crippen LogP contribution in [0.15, 0.2) is 24.3 Å². The Bertz CT molecular complexity index is 959. The van der Waals surface area contributed by atoms with E-state index in [1.54, 1.807) is 29.2 Å². The molecule has 0 radical (unpaired) electrons. The number of hydrogen-bond donors (Lipinski definition) is 1. The fraction of sp³-hybridized carbons (Fsp3) is 0.560. The molecule has 1 N–H and O–H groups in total. The highest BCUT2D eigenvalue weighted by atomic mass is 35.5. The number of nitrogens with zero attached hydrogens (tertiary/aromatic N) is 3. The normalized spacial score (nSPS) is 21.4. The van der Waals surface area contributed by atoms with Gasteiger partial charge in [-0.3, -0.25) is 14.4 Å². The molecule has 3 heterocycles. The molecule has 34 heavy (non-hydrogen) atoms. The number of benzene rings is 1. The molecule has 0 atom stereocenters. The molecule has 0 unspecified atom stereocenters. The van der Waals surface area contributed by atoms with Crippen molar-refractivity contribution in [1.29, 1.82) is 0 Å². The Balaban J connectivity index is 1.20. The van der Waals surface area contributed by atoms with Gasteiger partial charge in [-0.25, -0.2) is 0 Å². The van der Waals surface area contributed by atoms with Crippen molar-refractivity contribution in [3.63, 3.8) is 0 Å². The van der Waals surface area contributed by atoms with E-state index >= 15 is 0 Å². The molecule has 0 saturated carbocycles. The summed E-state index contributed by atoms with van der Waals surface area (Å²) >= 11 is 12.0. The van der Waals surface area contributed by atoms with Crippen LogP contribution in [0.2, 0.25) is 10.0 Å². The van der Waals surface area contributed by atoms with E-state index < -0.39 is 0 Å². The zero-order valence-corrected chi connectivity index (χ0v) is 20.9. The van der Waals surface area contributed by atoms with Crippen molar-refractivity contribution >= 4 is 47.0 Å². The zero-order valence-electron chi connectivity index (χ0n) is 19.4. The van der Waals surface area contributed by atoms with Gasteiger partial charge in [0.25, 0.3) is 0 Å². The molecular weight excluding hydrogens is 475 g/mol. The molecular formula is C25H32Cl2N4O3. The van der Waals surface area contributed by atoms with Gasteiger partial charge in [0.2, 0.25) is 17.7 Å². The maximum Gasteiger partial charge on any atom is 0.246 e. The smallest absolute Gasteiger partial charge is 0.246 e. The van der Waals surface area contributed by atoms with E-state index in [0.29, 0.717) is 49.1 Å². The third-order valence-electron chi connectivity index (χ3n) is 7.28. The Kier molecular flexibility index (Phi) is 8.17. The molecule has 0 aliphatic carbocycles. The third kappa shape index (κ3) is 6.32. The Morgan fingerprint density at radius 3 is 2.53 bits per heavy atom. The maximum atomic E-state index is 12.7. The Morgan fingerprint density at radius 1 is 1.03 bits per heavy atom. The second kappa shape index (κ2) is 11.1. The molecule has 3 fully saturated rings. The van der Waals surface area contributed by atoms with Gasteiger partial charge in [-0.05, 0) is 68.1 Å². The predicted molar refractivity (Wildman–Crippen MR) is 134 cm³/mol. The van der Waals surface area contributed by atoms with Gasteiger partial charge in [-0.1, -0.05) is 29.3 Å². The molecule has 0 aromatic heterocycles. The van der Waals surface area contributed by atoms with Crippen LogP contribution in [0.1, 0.15) is 37.7 Å². The first kappa shape index (κ1) is 25.0. The van der Waals surface area contributed by atoms with Gasteiger partial charge in [0.15, 0.2) is 0 Å². The summed E-state index contributed by atoms with van der Waals surface area (Å²) in [6.45, 7) is 6.02. The third-order valence-corrected chi connectivity index (χ3v) is 8.02. The summed E-state index contributed by atoms with van der Waals surface area (Å²) in [5.41, 5.74) is 0.966. The summed E-state index contributed by atoms with van der Waals surface area (Å²) in [6, 6.07) is 5.22. The van der Waals surface area contributed by atoms with Gasteiger partial charge in [-0.2, -0.15) is 0 Å². The van der Waals surface area contributed by atoms with E-state index in [1.807, 2.05) is 4.90 Å². The Morgan fingerprint density at radius 2 is 1.82 bits per heavy atom. The molecule has 7 nitrogen and oxygen atoms in total. The quantitative estimate of drug-likeness (QED) is 0.601. The summed E-state index contributed by atoms with van der Waals surface area (Å²) in [7, 11) is 0. The minimum Gasteiger partial charge on any atom is -0.356 e. The van der Waals surface area contributed by atoms with Crippen LogP contribution in [0, 0.1) is 5.41 Å². The summed E-state index contributed by atoms with van der Waals surface area (Å²) in [4.78, 5) is 42.9. The largest absolute Gasteiger partial charge is 0.356 e. The lowest BCUT2D eigenvalue weighted by atomic mass is 9.77. The summed E-state index contributed by atoms with van der Waals surface area (Å²) in [6.07, 6.45) is 7.29. The molecule has 9 heteroatoms. The number of carbonyl (C=O) groups excluding carboxylic acids is 3. The number of rotatable bonds is 6. The van der Waals surface area contributed by atoms with Crippen LogP contribution in [0.5, 0.6) is 0 Å². The van der Waals surface area contributed by atoms with Crippen LogP contribution in [0.25, 0.3) is 6.08 Å². The van der Waals surface area contributed by atoms with Crippen LogP contribution in [0.3, 0.4) is 0 Å². The number of nitrogens with one attached hydrogen (secondary N) is 1. The molecule has 1 aromatic rings. The average Bonchev–Trinajstić information content (AvgIpc) is 3.08. The molecule has 184 valence electrons. The van der Waals surface area contributed by atoms with Crippen molar-refractivity contribution in [2.24, 2.45) is 5.41 Å². The highest BCUT2D eigenvalue weighted by Crippen LogP contribution is 2.37. The SMILES string of the molecule is O=C1CC2(CCN(CCCN3CCN(C(=O)/C=C/c4ccc(Cl)c(Cl)c4)CCC3=O)CC2)CN1. The number of carbonyl (C=O) groups is 3. The second-order valence-corrected chi connectivity index (χ2v) is 10.4. The van der Waals surface area contributed by atoms with Crippen LogP contribution in [0.4, 0.5) is 0 Å². The van der Waals surface area contributed by atoms with Crippen LogP contribution in [-0.2, 0) is 14.4 Å². The number of amides is 3. The predicted octanol–water partition coefficient (Wildman–Crippen LogP) is 3.06. The molecule has 3 aliphatic rings. The fourth-order valence-corrected chi connectivity index (χ4v) is 5.36. The van der Waals surface area contributed by atoms with Crippen molar-refractivity contribution in [2.75, 3.05) is 52.4 Å². The second-order valence-electron chi connectivity index (χ2n) is 9.61. The van der Waals surface area contributed by atoms with Gasteiger partial charge < -0.3 is 20.0 Å². The number of piperidine rings is 1. The van der Waals surface area contributed by atoms with E-state index in [9.17, 15) is 14.4 Å². The molecule has 3 saturated heterocycles. The van der Waals surface area contributed by atoms with Crippen molar-refractivity contribution < 1.29 is 14.4 Å². The summed E-state index contributed by atoms with van der Waals surface area (Å²) < 4.78 is 0. The van der Waals surface area contributed by atoms with Gasteiger partial charge in [0, 0.05) is 51.6 Å². The van der Waals surface area contributed by atoms with Gasteiger partial charge >= 0.3 is 0 Å². The zero-order chi connectivity index (χ0) is 24.1. The maximum absolute atomic E-state index is 12.7. The molecule has 1 spiro atoms. The monoisotopic (exact) mass is 506 g/mol. The lowest BCUT2D eigenvalue weighted by Crippen LogP contribution is -2.42. The standard InChI is InChI=1S/C25H32Cl2N4O3/c26-20-4-2-19(16-21(20)27)3-5-23(33)31-11-6-24(34)30(14-15-31)10-1-9-29-12-7-25(8-13-29)17-22(32)28-18-25/h2-5,16H,1,6-15,17-18H2,(H,28,32)/b5-3+. The number of hydrogen-bond acceptors (Lipinski definition) is 4. The van der Waals surface area contributed by atoms with Crippen molar-refractivity contribution in [3.8, 4) is 0 Å². The van der Waals surface area contributed by atoms with E-state index in [4.69, 9.17) is 23.2 Å². The first-order valence-corrected chi connectivity index (χ1v) is 12.8. The van der Waals surface area contributed by atoms with Crippen molar-refractivity contribution in [2.45, 2.75) is 32.1 Å². The molecule has 3 aliphatic heterocycles. The van der Waals surface area contributed by atoms with E-state index in [2.05, 4.69) is 10.2 Å². The Labute approximate surface area is 211 Å². The molecule has 4 rings (SSSR count). The van der Waals surface area contributed by atoms with Crippen LogP contribution >= 0.6 is 23.2 Å².